The highest BCUT2D eigenvalue weighted by molar-refractivity contribution is 5.79. The zero-order valence-corrected chi connectivity index (χ0v) is 18.3. The number of hydrogen-bond donors (Lipinski definition) is 1. The molecule has 164 valence electrons. The summed E-state index contributed by atoms with van der Waals surface area (Å²) in [5.41, 5.74) is 6.94. The fourth-order valence-corrected chi connectivity index (χ4v) is 3.99. The van der Waals surface area contributed by atoms with Gasteiger partial charge in [0.1, 0.15) is 5.82 Å². The van der Waals surface area contributed by atoms with Gasteiger partial charge in [0, 0.05) is 38.9 Å². The van der Waals surface area contributed by atoms with E-state index in [4.69, 9.17) is 15.2 Å². The van der Waals surface area contributed by atoms with Crippen molar-refractivity contribution in [2.75, 3.05) is 52.2 Å². The monoisotopic (exact) mass is 406 g/mol. The number of piperidine rings is 2. The van der Waals surface area contributed by atoms with Gasteiger partial charge in [-0.2, -0.15) is 0 Å². The predicted molar refractivity (Wildman–Crippen MR) is 115 cm³/mol. The molecule has 2 aliphatic rings. The number of anilines is 1. The summed E-state index contributed by atoms with van der Waals surface area (Å²) in [6, 6.07) is 3.93. The van der Waals surface area contributed by atoms with E-state index in [0.29, 0.717) is 24.9 Å². The normalized spacial score (nSPS) is 18.9. The Labute approximate surface area is 175 Å². The number of amides is 1. The maximum Gasteiger partial charge on any atom is 0.225 e. The van der Waals surface area contributed by atoms with Gasteiger partial charge in [-0.1, -0.05) is 13.8 Å². The number of carbonyl (C=O) groups is 1. The van der Waals surface area contributed by atoms with Crippen LogP contribution in [0.2, 0.25) is 0 Å². The molecule has 0 saturated carbocycles. The largest absolute Gasteiger partial charge is 0.384 e. The molecule has 29 heavy (non-hydrogen) atoms. The van der Waals surface area contributed by atoms with Crippen molar-refractivity contribution < 1.29 is 14.3 Å². The third kappa shape index (κ3) is 7.57. The number of pyridine rings is 1. The average Bonchev–Trinajstić information content (AvgIpc) is 2.76. The van der Waals surface area contributed by atoms with Crippen LogP contribution in [0.5, 0.6) is 0 Å². The van der Waals surface area contributed by atoms with Gasteiger partial charge in [-0.05, 0) is 56.5 Å². The number of carbonyl (C=O) groups excluding carboxylic acids is 1. The number of rotatable bonds is 7. The van der Waals surface area contributed by atoms with Gasteiger partial charge in [-0.3, -0.25) is 9.69 Å². The first-order valence-corrected chi connectivity index (χ1v) is 11.0. The van der Waals surface area contributed by atoms with Crippen molar-refractivity contribution in [1.82, 2.24) is 14.8 Å². The highest BCUT2D eigenvalue weighted by Gasteiger charge is 2.31. The van der Waals surface area contributed by atoms with E-state index < -0.39 is 0 Å². The number of nitrogens with two attached hydrogens (primary N) is 1. The molecule has 2 N–H and O–H groups in total. The molecule has 0 bridgehead atoms. The maximum absolute atomic E-state index is 12.9. The molecule has 0 aliphatic carbocycles. The third-order valence-corrected chi connectivity index (χ3v) is 5.58. The van der Waals surface area contributed by atoms with Crippen molar-refractivity contribution in [1.29, 1.82) is 0 Å². The molecule has 1 aromatic rings. The van der Waals surface area contributed by atoms with Gasteiger partial charge in [0.15, 0.2) is 0 Å². The average molecular weight is 407 g/mol. The molecule has 3 rings (SSSR count). The van der Waals surface area contributed by atoms with E-state index in [9.17, 15) is 4.79 Å². The van der Waals surface area contributed by atoms with E-state index >= 15 is 0 Å². The van der Waals surface area contributed by atoms with Gasteiger partial charge < -0.3 is 20.1 Å². The molecular formula is C22H38N4O3. The Morgan fingerprint density at radius 2 is 1.83 bits per heavy atom. The smallest absolute Gasteiger partial charge is 0.225 e. The van der Waals surface area contributed by atoms with Crippen molar-refractivity contribution in [3.8, 4) is 0 Å². The first-order valence-electron chi connectivity index (χ1n) is 11.0. The van der Waals surface area contributed by atoms with Gasteiger partial charge in [-0.15, -0.1) is 0 Å². The number of nitrogens with zero attached hydrogens (tertiary/aromatic N) is 3. The Balaban J connectivity index is 0.00000145. The van der Waals surface area contributed by atoms with Crippen LogP contribution in [0.3, 0.4) is 0 Å². The van der Waals surface area contributed by atoms with Gasteiger partial charge >= 0.3 is 0 Å². The standard InChI is InChI=1S/C20H32N4O3.C2H6/c1-26-12-13-27-18-5-10-24(11-6-18)20(25)17-3-8-23(9-4-17)15-16-2-7-22-19(21)14-16;1-2/h2,7,14,17-18H,3-6,8-13,15H2,1H3,(H2,21,22);1-2H3. The van der Waals surface area contributed by atoms with Crippen molar-refractivity contribution in [3.63, 3.8) is 0 Å². The number of hydrogen-bond acceptors (Lipinski definition) is 6. The van der Waals surface area contributed by atoms with Gasteiger partial charge in [-0.25, -0.2) is 4.98 Å². The van der Waals surface area contributed by atoms with E-state index in [1.54, 1.807) is 13.3 Å². The lowest BCUT2D eigenvalue weighted by Gasteiger charge is -2.37. The maximum atomic E-state index is 12.9. The van der Waals surface area contributed by atoms with E-state index in [1.807, 2.05) is 30.9 Å². The van der Waals surface area contributed by atoms with Crippen molar-refractivity contribution in [2.24, 2.45) is 5.92 Å². The topological polar surface area (TPSA) is 80.9 Å². The first-order chi connectivity index (χ1) is 14.2. The molecule has 1 aromatic heterocycles. The minimum absolute atomic E-state index is 0.162. The van der Waals surface area contributed by atoms with Crippen LogP contribution < -0.4 is 5.73 Å². The zero-order chi connectivity index (χ0) is 21.1. The lowest BCUT2D eigenvalue weighted by Crippen LogP contribution is -2.46. The van der Waals surface area contributed by atoms with E-state index in [0.717, 1.165) is 58.4 Å². The molecule has 0 aromatic carbocycles. The number of ether oxygens (including phenoxy) is 2. The van der Waals surface area contributed by atoms with Crippen LogP contribution in [0.4, 0.5) is 5.82 Å². The number of likely N-dealkylation sites (tertiary alicyclic amines) is 2. The first kappa shape index (κ1) is 23.6. The van der Waals surface area contributed by atoms with Gasteiger partial charge in [0.25, 0.3) is 0 Å². The van der Waals surface area contributed by atoms with Crippen LogP contribution in [-0.4, -0.2) is 73.3 Å². The second kappa shape index (κ2) is 12.8. The summed E-state index contributed by atoms with van der Waals surface area (Å²) in [6.45, 7) is 9.67. The molecule has 0 radical (unpaired) electrons. The minimum Gasteiger partial charge on any atom is -0.384 e. The molecule has 3 heterocycles. The third-order valence-electron chi connectivity index (χ3n) is 5.58. The summed E-state index contributed by atoms with van der Waals surface area (Å²) < 4.78 is 10.8. The Hall–Kier alpha value is -1.70. The lowest BCUT2D eigenvalue weighted by molar-refractivity contribution is -0.140. The Morgan fingerprint density at radius 1 is 1.14 bits per heavy atom. The van der Waals surface area contributed by atoms with Crippen LogP contribution in [0, 0.1) is 5.92 Å². The summed E-state index contributed by atoms with van der Waals surface area (Å²) in [5, 5.41) is 0. The zero-order valence-electron chi connectivity index (χ0n) is 18.3. The van der Waals surface area contributed by atoms with E-state index in [1.165, 1.54) is 5.56 Å². The van der Waals surface area contributed by atoms with Crippen molar-refractivity contribution >= 4 is 11.7 Å². The molecule has 2 saturated heterocycles. The van der Waals surface area contributed by atoms with Gasteiger partial charge in [0.05, 0.1) is 19.3 Å². The highest BCUT2D eigenvalue weighted by atomic mass is 16.5. The van der Waals surface area contributed by atoms with Gasteiger partial charge in [0.2, 0.25) is 5.91 Å². The van der Waals surface area contributed by atoms with E-state index in [-0.39, 0.29) is 12.0 Å². The Kier molecular flexibility index (Phi) is 10.4. The Bertz CT molecular complexity index is 597. The molecule has 2 aliphatic heterocycles. The molecule has 1 amide bonds. The second-order valence-electron chi connectivity index (χ2n) is 7.53. The summed E-state index contributed by atoms with van der Waals surface area (Å²) in [4.78, 5) is 21.3. The molecule has 7 nitrogen and oxygen atoms in total. The summed E-state index contributed by atoms with van der Waals surface area (Å²) >= 11 is 0. The van der Waals surface area contributed by atoms with Crippen LogP contribution in [0.15, 0.2) is 18.3 Å². The van der Waals surface area contributed by atoms with E-state index in [2.05, 4.69) is 9.88 Å². The van der Waals surface area contributed by atoms with Crippen LogP contribution >= 0.6 is 0 Å². The molecule has 2 fully saturated rings. The highest BCUT2D eigenvalue weighted by Crippen LogP contribution is 2.24. The summed E-state index contributed by atoms with van der Waals surface area (Å²) in [5.74, 6) is 1.06. The molecule has 0 atom stereocenters. The van der Waals surface area contributed by atoms with Crippen molar-refractivity contribution in [2.45, 2.75) is 52.2 Å². The molecule has 7 heteroatoms. The minimum atomic E-state index is 0.162. The predicted octanol–water partition coefficient (Wildman–Crippen LogP) is 2.56. The fourth-order valence-electron chi connectivity index (χ4n) is 3.99. The Morgan fingerprint density at radius 3 is 2.45 bits per heavy atom. The van der Waals surface area contributed by atoms with Crippen molar-refractivity contribution in [3.05, 3.63) is 23.9 Å². The quantitative estimate of drug-likeness (QED) is 0.701. The van der Waals surface area contributed by atoms with Crippen LogP contribution in [0.25, 0.3) is 0 Å². The number of nitrogen functional groups attached to an aromatic ring is 1. The second-order valence-corrected chi connectivity index (χ2v) is 7.53. The molecule has 0 spiro atoms. The molecular weight excluding hydrogens is 368 g/mol. The fraction of sp³-hybridized carbons (Fsp3) is 0.727. The van der Waals surface area contributed by atoms with Crippen LogP contribution in [-0.2, 0) is 20.8 Å². The number of aromatic nitrogens is 1. The number of methoxy groups -OCH3 is 1. The summed E-state index contributed by atoms with van der Waals surface area (Å²) in [7, 11) is 1.68. The summed E-state index contributed by atoms with van der Waals surface area (Å²) in [6.07, 6.45) is 5.74. The lowest BCUT2D eigenvalue weighted by atomic mass is 9.94. The molecule has 0 unspecified atom stereocenters. The van der Waals surface area contributed by atoms with Crippen LogP contribution in [0.1, 0.15) is 45.1 Å². The SMILES string of the molecule is CC.COCCOC1CCN(C(=O)C2CCN(Cc3ccnc(N)c3)CC2)CC1.